The maximum atomic E-state index is 5.88. The molecule has 2 N–H and O–H groups in total. The zero-order valence-corrected chi connectivity index (χ0v) is 11.2. The Bertz CT molecular complexity index is 561. The Balaban J connectivity index is 2.09. The molecular formula is C17H19NO. The number of hydrogen-bond donors (Lipinski definition) is 1. The molecule has 98 valence electrons. The summed E-state index contributed by atoms with van der Waals surface area (Å²) < 4.78 is 5.88. The Morgan fingerprint density at radius 3 is 2.63 bits per heavy atom. The summed E-state index contributed by atoms with van der Waals surface area (Å²) >= 11 is 0. The van der Waals surface area contributed by atoms with Gasteiger partial charge in [0.25, 0.3) is 0 Å². The summed E-state index contributed by atoms with van der Waals surface area (Å²) in [5.74, 6) is 0.902. The van der Waals surface area contributed by atoms with Crippen LogP contribution >= 0.6 is 0 Å². The fraction of sp³-hybridized carbons (Fsp3) is 0.176. The summed E-state index contributed by atoms with van der Waals surface area (Å²) in [5, 5.41) is 0. The Labute approximate surface area is 114 Å². The van der Waals surface area contributed by atoms with E-state index in [2.05, 4.69) is 12.1 Å². The van der Waals surface area contributed by atoms with E-state index in [0.717, 1.165) is 22.4 Å². The summed E-state index contributed by atoms with van der Waals surface area (Å²) in [6.45, 7) is 3.12. The molecule has 0 aliphatic heterocycles. The van der Waals surface area contributed by atoms with E-state index >= 15 is 0 Å². The minimum atomic E-state index is 0.558. The van der Waals surface area contributed by atoms with Crippen molar-refractivity contribution in [1.29, 1.82) is 0 Å². The fourth-order valence-corrected chi connectivity index (χ4v) is 1.94. The van der Waals surface area contributed by atoms with Gasteiger partial charge in [0.2, 0.25) is 0 Å². The highest BCUT2D eigenvalue weighted by Gasteiger charge is 2.01. The molecule has 0 spiro atoms. The van der Waals surface area contributed by atoms with E-state index in [-0.39, 0.29) is 0 Å². The smallest absolute Gasteiger partial charge is 0.127 e. The average Bonchev–Trinajstić information content (AvgIpc) is 2.47. The zero-order valence-electron chi connectivity index (χ0n) is 11.2. The summed E-state index contributed by atoms with van der Waals surface area (Å²) in [6.07, 6.45) is 4.06. The molecule has 19 heavy (non-hydrogen) atoms. The van der Waals surface area contributed by atoms with E-state index in [1.165, 1.54) is 0 Å². The van der Waals surface area contributed by atoms with Crippen LogP contribution in [0.2, 0.25) is 0 Å². The molecule has 2 heteroatoms. The van der Waals surface area contributed by atoms with Crippen molar-refractivity contribution in [3.05, 3.63) is 71.3 Å². The standard InChI is InChI=1S/C17H19NO/c1-2-6-16-9-3-4-10-17(16)19-13-15-8-5-7-14(11-15)12-18/h2-11H,12-13,18H2,1H3/b6-2+. The third kappa shape index (κ3) is 3.70. The molecule has 0 radical (unpaired) electrons. The van der Waals surface area contributed by atoms with Crippen molar-refractivity contribution in [2.45, 2.75) is 20.1 Å². The highest BCUT2D eigenvalue weighted by atomic mass is 16.5. The van der Waals surface area contributed by atoms with E-state index in [1.54, 1.807) is 0 Å². The van der Waals surface area contributed by atoms with Gasteiger partial charge >= 0.3 is 0 Å². The second-order valence-corrected chi connectivity index (χ2v) is 4.35. The predicted octanol–water partition coefficient (Wildman–Crippen LogP) is 3.76. The highest BCUT2D eigenvalue weighted by molar-refractivity contribution is 5.56. The van der Waals surface area contributed by atoms with E-state index in [9.17, 15) is 0 Å². The van der Waals surface area contributed by atoms with Crippen LogP contribution in [0.1, 0.15) is 23.6 Å². The van der Waals surface area contributed by atoms with Crippen LogP contribution in [-0.4, -0.2) is 0 Å². The molecular weight excluding hydrogens is 234 g/mol. The third-order valence-electron chi connectivity index (χ3n) is 2.89. The minimum Gasteiger partial charge on any atom is -0.488 e. The van der Waals surface area contributed by atoms with Crippen LogP contribution in [0.25, 0.3) is 6.08 Å². The molecule has 0 aliphatic rings. The van der Waals surface area contributed by atoms with Gasteiger partial charge in [-0.05, 0) is 24.1 Å². The Hall–Kier alpha value is -2.06. The number of hydrogen-bond acceptors (Lipinski definition) is 2. The van der Waals surface area contributed by atoms with Gasteiger partial charge in [-0.1, -0.05) is 54.6 Å². The fourth-order valence-electron chi connectivity index (χ4n) is 1.94. The first-order valence-electron chi connectivity index (χ1n) is 6.46. The highest BCUT2D eigenvalue weighted by Crippen LogP contribution is 2.20. The van der Waals surface area contributed by atoms with Crippen LogP contribution in [-0.2, 0) is 13.2 Å². The molecule has 2 aromatic carbocycles. The van der Waals surface area contributed by atoms with Crippen LogP contribution in [0.5, 0.6) is 5.75 Å². The first kappa shape index (κ1) is 13.4. The van der Waals surface area contributed by atoms with Crippen LogP contribution in [0.15, 0.2) is 54.6 Å². The number of para-hydroxylation sites is 1. The van der Waals surface area contributed by atoms with Gasteiger partial charge in [-0.15, -0.1) is 0 Å². The molecule has 0 heterocycles. The van der Waals surface area contributed by atoms with Gasteiger partial charge in [0.05, 0.1) is 0 Å². The quantitative estimate of drug-likeness (QED) is 0.880. The molecule has 2 rings (SSSR count). The average molecular weight is 253 g/mol. The van der Waals surface area contributed by atoms with E-state index < -0.39 is 0 Å². The summed E-state index contributed by atoms with van der Waals surface area (Å²) in [7, 11) is 0. The lowest BCUT2D eigenvalue weighted by atomic mass is 10.1. The lowest BCUT2D eigenvalue weighted by Crippen LogP contribution is -2.00. The number of rotatable bonds is 5. The normalized spacial score (nSPS) is 10.8. The largest absolute Gasteiger partial charge is 0.488 e. The molecule has 0 aliphatic carbocycles. The number of ether oxygens (including phenoxy) is 1. The van der Waals surface area contributed by atoms with Gasteiger partial charge in [-0.2, -0.15) is 0 Å². The lowest BCUT2D eigenvalue weighted by Gasteiger charge is -2.10. The molecule has 0 saturated heterocycles. The molecule has 2 aromatic rings. The molecule has 0 fully saturated rings. The maximum Gasteiger partial charge on any atom is 0.127 e. The SMILES string of the molecule is C/C=C/c1ccccc1OCc1cccc(CN)c1. The Kier molecular flexibility index (Phi) is 4.76. The molecule has 0 unspecified atom stereocenters. The van der Waals surface area contributed by atoms with Gasteiger partial charge in [-0.3, -0.25) is 0 Å². The van der Waals surface area contributed by atoms with Gasteiger partial charge in [0.1, 0.15) is 12.4 Å². The number of allylic oxidation sites excluding steroid dienone is 1. The molecule has 0 atom stereocenters. The van der Waals surface area contributed by atoms with E-state index in [1.807, 2.05) is 55.5 Å². The van der Waals surface area contributed by atoms with Crippen molar-refractivity contribution in [3.8, 4) is 5.75 Å². The number of benzene rings is 2. The van der Waals surface area contributed by atoms with Gasteiger partial charge in [0.15, 0.2) is 0 Å². The van der Waals surface area contributed by atoms with Crippen molar-refractivity contribution in [2.75, 3.05) is 0 Å². The second-order valence-electron chi connectivity index (χ2n) is 4.35. The van der Waals surface area contributed by atoms with Crippen LogP contribution in [0.4, 0.5) is 0 Å². The first-order valence-corrected chi connectivity index (χ1v) is 6.46. The van der Waals surface area contributed by atoms with Crippen molar-refractivity contribution in [1.82, 2.24) is 0 Å². The number of nitrogens with two attached hydrogens (primary N) is 1. The second kappa shape index (κ2) is 6.76. The van der Waals surface area contributed by atoms with Crippen LogP contribution in [0, 0.1) is 0 Å². The molecule has 0 bridgehead atoms. The summed E-state index contributed by atoms with van der Waals surface area (Å²) in [4.78, 5) is 0. The molecule has 2 nitrogen and oxygen atoms in total. The monoisotopic (exact) mass is 253 g/mol. The zero-order chi connectivity index (χ0) is 13.5. The predicted molar refractivity (Wildman–Crippen MR) is 79.8 cm³/mol. The van der Waals surface area contributed by atoms with Gasteiger partial charge < -0.3 is 10.5 Å². The minimum absolute atomic E-state index is 0.558. The van der Waals surface area contributed by atoms with Gasteiger partial charge in [0, 0.05) is 12.1 Å². The molecule has 0 aromatic heterocycles. The van der Waals surface area contributed by atoms with E-state index in [0.29, 0.717) is 13.2 Å². The van der Waals surface area contributed by atoms with E-state index in [4.69, 9.17) is 10.5 Å². The van der Waals surface area contributed by atoms with Crippen molar-refractivity contribution < 1.29 is 4.74 Å². The van der Waals surface area contributed by atoms with Crippen LogP contribution in [0.3, 0.4) is 0 Å². The first-order chi connectivity index (χ1) is 9.33. The molecule has 0 saturated carbocycles. The van der Waals surface area contributed by atoms with Gasteiger partial charge in [-0.25, -0.2) is 0 Å². The van der Waals surface area contributed by atoms with Crippen molar-refractivity contribution in [3.63, 3.8) is 0 Å². The summed E-state index contributed by atoms with van der Waals surface area (Å²) in [5.41, 5.74) is 9.00. The third-order valence-corrected chi connectivity index (χ3v) is 2.89. The van der Waals surface area contributed by atoms with Crippen molar-refractivity contribution in [2.24, 2.45) is 5.73 Å². The Morgan fingerprint density at radius 1 is 1.05 bits per heavy atom. The molecule has 0 amide bonds. The topological polar surface area (TPSA) is 35.2 Å². The Morgan fingerprint density at radius 2 is 1.84 bits per heavy atom. The summed E-state index contributed by atoms with van der Waals surface area (Å²) in [6, 6.07) is 16.2. The van der Waals surface area contributed by atoms with Crippen LogP contribution < -0.4 is 10.5 Å². The maximum absolute atomic E-state index is 5.88. The van der Waals surface area contributed by atoms with Crippen molar-refractivity contribution >= 4 is 6.08 Å². The lowest BCUT2D eigenvalue weighted by molar-refractivity contribution is 0.305.